The Bertz CT molecular complexity index is 217. The van der Waals surface area contributed by atoms with E-state index in [1.807, 2.05) is 5.32 Å². The molecule has 1 heterocycles. The number of alkyl halides is 3. The first-order chi connectivity index (χ1) is 6.41. The Morgan fingerprint density at radius 2 is 2.21 bits per heavy atom. The van der Waals surface area contributed by atoms with E-state index in [-0.39, 0.29) is 18.6 Å². The second-order valence-corrected chi connectivity index (χ2v) is 3.33. The second kappa shape index (κ2) is 4.16. The van der Waals surface area contributed by atoms with Crippen molar-refractivity contribution in [2.45, 2.75) is 25.6 Å². The molecule has 0 radical (unpaired) electrons. The summed E-state index contributed by atoms with van der Waals surface area (Å²) in [5.41, 5.74) is 0. The maximum atomic E-state index is 11.8. The highest BCUT2D eigenvalue weighted by Gasteiger charge is 2.39. The van der Waals surface area contributed by atoms with E-state index >= 15 is 0 Å². The number of rotatable bonds is 2. The van der Waals surface area contributed by atoms with E-state index in [1.54, 1.807) is 6.92 Å². The SMILES string of the molecule is CC1OCCC1CNC(=O)C(F)(F)F. The van der Waals surface area contributed by atoms with E-state index in [9.17, 15) is 18.0 Å². The molecule has 0 bridgehead atoms. The molecule has 82 valence electrons. The second-order valence-electron chi connectivity index (χ2n) is 3.33. The number of hydrogen-bond donors (Lipinski definition) is 1. The average molecular weight is 211 g/mol. The fraction of sp³-hybridized carbons (Fsp3) is 0.875. The lowest BCUT2D eigenvalue weighted by Crippen LogP contribution is -2.40. The summed E-state index contributed by atoms with van der Waals surface area (Å²) in [6.07, 6.45) is -4.18. The van der Waals surface area contributed by atoms with Crippen LogP contribution in [0.25, 0.3) is 0 Å². The Kier molecular flexibility index (Phi) is 3.36. The molecule has 1 aliphatic rings. The molecule has 0 aliphatic carbocycles. The van der Waals surface area contributed by atoms with Crippen LogP contribution >= 0.6 is 0 Å². The number of nitrogens with one attached hydrogen (secondary N) is 1. The van der Waals surface area contributed by atoms with Crippen LogP contribution in [-0.4, -0.2) is 31.3 Å². The van der Waals surface area contributed by atoms with E-state index in [0.29, 0.717) is 13.0 Å². The van der Waals surface area contributed by atoms with Gasteiger partial charge >= 0.3 is 12.1 Å². The number of carbonyl (C=O) groups excluding carboxylic acids is 1. The fourth-order valence-corrected chi connectivity index (χ4v) is 1.37. The van der Waals surface area contributed by atoms with Gasteiger partial charge in [-0.25, -0.2) is 0 Å². The molecule has 1 fully saturated rings. The highest BCUT2D eigenvalue weighted by Crippen LogP contribution is 2.20. The van der Waals surface area contributed by atoms with Crippen molar-refractivity contribution >= 4 is 5.91 Å². The van der Waals surface area contributed by atoms with E-state index in [1.165, 1.54) is 0 Å². The number of amides is 1. The van der Waals surface area contributed by atoms with Gasteiger partial charge in [0.05, 0.1) is 6.10 Å². The van der Waals surface area contributed by atoms with Crippen LogP contribution in [0.2, 0.25) is 0 Å². The summed E-state index contributed by atoms with van der Waals surface area (Å²) in [7, 11) is 0. The van der Waals surface area contributed by atoms with E-state index in [0.717, 1.165) is 0 Å². The minimum absolute atomic E-state index is 0.0127. The summed E-state index contributed by atoms with van der Waals surface area (Å²) in [5, 5.41) is 1.85. The zero-order valence-corrected chi connectivity index (χ0v) is 7.73. The molecule has 0 saturated carbocycles. The molecule has 1 saturated heterocycles. The quantitative estimate of drug-likeness (QED) is 0.742. The molecule has 0 aromatic heterocycles. The van der Waals surface area contributed by atoms with Crippen molar-refractivity contribution in [1.29, 1.82) is 0 Å². The van der Waals surface area contributed by atoms with Gasteiger partial charge in [0.15, 0.2) is 0 Å². The number of hydrogen-bond acceptors (Lipinski definition) is 2. The maximum Gasteiger partial charge on any atom is 0.471 e. The predicted molar refractivity (Wildman–Crippen MR) is 42.6 cm³/mol. The molecule has 1 amide bonds. The van der Waals surface area contributed by atoms with Crippen LogP contribution in [0.3, 0.4) is 0 Å². The molecular formula is C8H12F3NO2. The van der Waals surface area contributed by atoms with Crippen molar-refractivity contribution in [2.75, 3.05) is 13.2 Å². The Labute approximate surface area is 79.6 Å². The molecule has 2 unspecified atom stereocenters. The van der Waals surface area contributed by atoms with Gasteiger partial charge < -0.3 is 10.1 Å². The Balaban J connectivity index is 2.30. The van der Waals surface area contributed by atoms with Crippen molar-refractivity contribution in [3.8, 4) is 0 Å². The zero-order valence-electron chi connectivity index (χ0n) is 7.73. The molecule has 2 atom stereocenters. The van der Waals surface area contributed by atoms with Crippen LogP contribution in [0.1, 0.15) is 13.3 Å². The van der Waals surface area contributed by atoms with Crippen molar-refractivity contribution < 1.29 is 22.7 Å². The van der Waals surface area contributed by atoms with Gasteiger partial charge in [-0.15, -0.1) is 0 Å². The minimum Gasteiger partial charge on any atom is -0.378 e. The third-order valence-electron chi connectivity index (χ3n) is 2.32. The maximum absolute atomic E-state index is 11.8. The summed E-state index contributed by atoms with van der Waals surface area (Å²) in [6, 6.07) is 0. The van der Waals surface area contributed by atoms with Gasteiger partial charge in [-0.1, -0.05) is 0 Å². The standard InChI is InChI=1S/C8H12F3NO2/c1-5-6(2-3-14-5)4-12-7(13)8(9,10)11/h5-6H,2-4H2,1H3,(H,12,13). The molecule has 3 nitrogen and oxygen atoms in total. The number of halogens is 3. The first kappa shape index (κ1) is 11.3. The monoisotopic (exact) mass is 211 g/mol. The molecule has 1 N–H and O–H groups in total. The minimum atomic E-state index is -4.79. The van der Waals surface area contributed by atoms with Crippen LogP contribution in [0.5, 0.6) is 0 Å². The molecule has 14 heavy (non-hydrogen) atoms. The molecule has 0 spiro atoms. The van der Waals surface area contributed by atoms with Gasteiger partial charge in [0, 0.05) is 19.1 Å². The predicted octanol–water partition coefficient (Wildman–Crippen LogP) is 1.09. The summed E-state index contributed by atoms with van der Waals surface area (Å²) in [4.78, 5) is 10.5. The molecule has 1 aliphatic heterocycles. The molecule has 6 heteroatoms. The van der Waals surface area contributed by atoms with Crippen LogP contribution in [0.4, 0.5) is 13.2 Å². The normalized spacial score (nSPS) is 27.7. The van der Waals surface area contributed by atoms with Crippen molar-refractivity contribution in [3.05, 3.63) is 0 Å². The Morgan fingerprint density at radius 1 is 1.57 bits per heavy atom. The third kappa shape index (κ3) is 2.87. The van der Waals surface area contributed by atoms with Crippen LogP contribution < -0.4 is 5.32 Å². The summed E-state index contributed by atoms with van der Waals surface area (Å²) in [6.45, 7) is 2.37. The van der Waals surface area contributed by atoms with Gasteiger partial charge in [-0.05, 0) is 13.3 Å². The van der Waals surface area contributed by atoms with Gasteiger partial charge in [0.25, 0.3) is 0 Å². The molecule has 0 aromatic rings. The highest BCUT2D eigenvalue weighted by molar-refractivity contribution is 5.81. The fourth-order valence-electron chi connectivity index (χ4n) is 1.37. The highest BCUT2D eigenvalue weighted by atomic mass is 19.4. The smallest absolute Gasteiger partial charge is 0.378 e. The van der Waals surface area contributed by atoms with Crippen LogP contribution in [0, 0.1) is 5.92 Å². The van der Waals surface area contributed by atoms with Crippen LogP contribution in [0.15, 0.2) is 0 Å². The Morgan fingerprint density at radius 3 is 2.64 bits per heavy atom. The molecule has 1 rings (SSSR count). The zero-order chi connectivity index (χ0) is 10.8. The molecule has 0 aromatic carbocycles. The first-order valence-electron chi connectivity index (χ1n) is 4.38. The summed E-state index contributed by atoms with van der Waals surface area (Å²) in [5.74, 6) is -1.89. The summed E-state index contributed by atoms with van der Waals surface area (Å²) >= 11 is 0. The van der Waals surface area contributed by atoms with Crippen LogP contribution in [-0.2, 0) is 9.53 Å². The van der Waals surface area contributed by atoms with E-state index in [4.69, 9.17) is 4.74 Å². The van der Waals surface area contributed by atoms with Gasteiger partial charge in [-0.3, -0.25) is 4.79 Å². The lowest BCUT2D eigenvalue weighted by atomic mass is 10.0. The van der Waals surface area contributed by atoms with Crippen molar-refractivity contribution in [3.63, 3.8) is 0 Å². The topological polar surface area (TPSA) is 38.3 Å². The number of carbonyl (C=O) groups is 1. The average Bonchev–Trinajstić information content (AvgIpc) is 2.45. The molecular weight excluding hydrogens is 199 g/mol. The Hall–Kier alpha value is -0.780. The van der Waals surface area contributed by atoms with Crippen molar-refractivity contribution in [1.82, 2.24) is 5.32 Å². The largest absolute Gasteiger partial charge is 0.471 e. The number of ether oxygens (including phenoxy) is 1. The van der Waals surface area contributed by atoms with E-state index < -0.39 is 12.1 Å². The first-order valence-corrected chi connectivity index (χ1v) is 4.38. The van der Waals surface area contributed by atoms with Gasteiger partial charge in [0.1, 0.15) is 0 Å². The summed E-state index contributed by atoms with van der Waals surface area (Å²) < 4.78 is 40.5. The lowest BCUT2D eigenvalue weighted by molar-refractivity contribution is -0.173. The van der Waals surface area contributed by atoms with Crippen molar-refractivity contribution in [2.24, 2.45) is 5.92 Å². The van der Waals surface area contributed by atoms with E-state index in [2.05, 4.69) is 0 Å². The van der Waals surface area contributed by atoms with Gasteiger partial charge in [0.2, 0.25) is 0 Å². The third-order valence-corrected chi connectivity index (χ3v) is 2.32. The lowest BCUT2D eigenvalue weighted by Gasteiger charge is -2.15. The van der Waals surface area contributed by atoms with Gasteiger partial charge in [-0.2, -0.15) is 13.2 Å².